The highest BCUT2D eigenvalue weighted by Crippen LogP contribution is 2.22. The largest absolute Gasteiger partial charge is 0.381 e. The van der Waals surface area contributed by atoms with Gasteiger partial charge in [0.1, 0.15) is 0 Å². The van der Waals surface area contributed by atoms with Crippen molar-refractivity contribution in [1.82, 2.24) is 5.32 Å². The molecule has 0 aromatic carbocycles. The molecule has 0 spiro atoms. The summed E-state index contributed by atoms with van der Waals surface area (Å²) < 4.78 is 5.22. The highest BCUT2D eigenvalue weighted by Gasteiger charge is 2.28. The van der Waals surface area contributed by atoms with Crippen LogP contribution >= 0.6 is 0 Å². The van der Waals surface area contributed by atoms with Crippen LogP contribution in [0.4, 0.5) is 0 Å². The maximum Gasteiger partial charge on any atom is 0.0601 e. The Morgan fingerprint density at radius 1 is 1.50 bits per heavy atom. The Morgan fingerprint density at radius 3 is 2.79 bits per heavy atom. The van der Waals surface area contributed by atoms with Crippen molar-refractivity contribution in [2.75, 3.05) is 13.7 Å². The van der Waals surface area contributed by atoms with Gasteiger partial charge in [-0.3, -0.25) is 0 Å². The molecule has 84 valence electrons. The second-order valence-electron chi connectivity index (χ2n) is 4.34. The van der Waals surface area contributed by atoms with Gasteiger partial charge < -0.3 is 15.8 Å². The van der Waals surface area contributed by atoms with Gasteiger partial charge in [-0.25, -0.2) is 0 Å². The van der Waals surface area contributed by atoms with E-state index < -0.39 is 0 Å². The van der Waals surface area contributed by atoms with Crippen LogP contribution in [0.3, 0.4) is 0 Å². The molecule has 1 saturated carbocycles. The summed E-state index contributed by atoms with van der Waals surface area (Å²) in [4.78, 5) is 0. The minimum absolute atomic E-state index is 0.330. The third-order valence-electron chi connectivity index (χ3n) is 3.03. The maximum absolute atomic E-state index is 5.96. The van der Waals surface area contributed by atoms with E-state index in [1.54, 1.807) is 7.11 Å². The van der Waals surface area contributed by atoms with Crippen molar-refractivity contribution in [2.45, 2.75) is 57.2 Å². The molecule has 0 radical (unpaired) electrons. The van der Waals surface area contributed by atoms with E-state index in [-0.39, 0.29) is 0 Å². The Bertz CT molecular complexity index is 141. The smallest absolute Gasteiger partial charge is 0.0601 e. The number of nitrogens with two attached hydrogens (primary N) is 1. The molecule has 0 aromatic rings. The molecular formula is C11H24N2O. The van der Waals surface area contributed by atoms with Crippen molar-refractivity contribution < 1.29 is 4.74 Å². The van der Waals surface area contributed by atoms with E-state index in [0.29, 0.717) is 18.2 Å². The molecule has 3 nitrogen and oxygen atoms in total. The van der Waals surface area contributed by atoms with E-state index in [0.717, 1.165) is 25.8 Å². The first-order valence-electron chi connectivity index (χ1n) is 5.78. The van der Waals surface area contributed by atoms with Crippen LogP contribution < -0.4 is 11.1 Å². The lowest BCUT2D eigenvalue weighted by atomic mass is 9.89. The Balaban J connectivity index is 1.93. The Hall–Kier alpha value is -0.120. The molecule has 0 bridgehead atoms. The highest BCUT2D eigenvalue weighted by molar-refractivity contribution is 4.86. The van der Waals surface area contributed by atoms with Crippen LogP contribution in [0.15, 0.2) is 0 Å². The van der Waals surface area contributed by atoms with Gasteiger partial charge in [0.05, 0.1) is 6.10 Å². The van der Waals surface area contributed by atoms with Gasteiger partial charge in [-0.2, -0.15) is 0 Å². The number of methoxy groups -OCH3 is 1. The third kappa shape index (κ3) is 3.95. The number of hydrogen-bond acceptors (Lipinski definition) is 3. The lowest BCUT2D eigenvalue weighted by molar-refractivity contribution is 0.0171. The lowest BCUT2D eigenvalue weighted by Crippen LogP contribution is -2.48. The van der Waals surface area contributed by atoms with E-state index in [1.807, 2.05) is 0 Å². The van der Waals surface area contributed by atoms with E-state index in [1.165, 1.54) is 12.8 Å². The summed E-state index contributed by atoms with van der Waals surface area (Å²) in [5, 5.41) is 3.49. The SMILES string of the molecule is CCCCC(N)CNC1CC(OC)C1. The molecule has 14 heavy (non-hydrogen) atoms. The van der Waals surface area contributed by atoms with Crippen molar-refractivity contribution in [3.05, 3.63) is 0 Å². The van der Waals surface area contributed by atoms with Gasteiger partial charge in [0.2, 0.25) is 0 Å². The zero-order valence-corrected chi connectivity index (χ0v) is 9.46. The number of ether oxygens (including phenoxy) is 1. The normalized spacial score (nSPS) is 28.5. The molecule has 0 heterocycles. The predicted molar refractivity (Wildman–Crippen MR) is 59.3 cm³/mol. The topological polar surface area (TPSA) is 47.3 Å². The zero-order valence-electron chi connectivity index (χ0n) is 9.46. The molecular weight excluding hydrogens is 176 g/mol. The fourth-order valence-corrected chi connectivity index (χ4v) is 1.81. The Labute approximate surface area is 87.4 Å². The first-order chi connectivity index (χ1) is 6.76. The number of nitrogens with one attached hydrogen (secondary N) is 1. The van der Waals surface area contributed by atoms with Crippen molar-refractivity contribution in [3.8, 4) is 0 Å². The minimum atomic E-state index is 0.330. The maximum atomic E-state index is 5.96. The van der Waals surface area contributed by atoms with Crippen LogP contribution in [-0.4, -0.2) is 31.8 Å². The van der Waals surface area contributed by atoms with E-state index >= 15 is 0 Å². The van der Waals surface area contributed by atoms with Crippen molar-refractivity contribution in [3.63, 3.8) is 0 Å². The Kier molecular flexibility index (Phi) is 5.45. The van der Waals surface area contributed by atoms with Gasteiger partial charge in [-0.1, -0.05) is 19.8 Å². The molecule has 0 amide bonds. The lowest BCUT2D eigenvalue weighted by Gasteiger charge is -2.35. The second-order valence-corrected chi connectivity index (χ2v) is 4.34. The average molecular weight is 200 g/mol. The standard InChI is InChI=1S/C11H24N2O/c1-3-4-5-9(12)8-13-10-6-11(7-10)14-2/h9-11,13H,3-8,12H2,1-2H3. The first-order valence-corrected chi connectivity index (χ1v) is 5.78. The van der Waals surface area contributed by atoms with Gasteiger partial charge in [0, 0.05) is 25.7 Å². The van der Waals surface area contributed by atoms with E-state index in [4.69, 9.17) is 10.5 Å². The summed E-state index contributed by atoms with van der Waals surface area (Å²) in [6, 6.07) is 0.976. The monoisotopic (exact) mass is 200 g/mol. The summed E-state index contributed by atoms with van der Waals surface area (Å²) in [6.45, 7) is 3.16. The quantitative estimate of drug-likeness (QED) is 0.650. The molecule has 1 aliphatic rings. The average Bonchev–Trinajstić information content (AvgIpc) is 2.12. The molecule has 0 aromatic heterocycles. The number of hydrogen-bond donors (Lipinski definition) is 2. The number of unbranched alkanes of at least 4 members (excludes halogenated alkanes) is 1. The van der Waals surface area contributed by atoms with Gasteiger partial charge in [0.25, 0.3) is 0 Å². The summed E-state index contributed by atoms with van der Waals surface area (Å²) >= 11 is 0. The summed E-state index contributed by atoms with van der Waals surface area (Å²) in [7, 11) is 1.79. The summed E-state index contributed by atoms with van der Waals surface area (Å²) in [5.41, 5.74) is 5.96. The summed E-state index contributed by atoms with van der Waals surface area (Å²) in [5.74, 6) is 0. The molecule has 1 aliphatic carbocycles. The fraction of sp³-hybridized carbons (Fsp3) is 1.00. The Morgan fingerprint density at radius 2 is 2.21 bits per heavy atom. The fourth-order valence-electron chi connectivity index (χ4n) is 1.81. The van der Waals surface area contributed by atoms with Gasteiger partial charge in [-0.15, -0.1) is 0 Å². The summed E-state index contributed by atoms with van der Waals surface area (Å²) in [6.07, 6.45) is 6.41. The van der Waals surface area contributed by atoms with Crippen LogP contribution in [0.1, 0.15) is 39.0 Å². The third-order valence-corrected chi connectivity index (χ3v) is 3.03. The first kappa shape index (κ1) is 12.0. The van der Waals surface area contributed by atoms with E-state index in [2.05, 4.69) is 12.2 Å². The van der Waals surface area contributed by atoms with Crippen LogP contribution in [0.5, 0.6) is 0 Å². The molecule has 1 fully saturated rings. The molecule has 0 aliphatic heterocycles. The molecule has 1 unspecified atom stereocenters. The molecule has 1 rings (SSSR count). The minimum Gasteiger partial charge on any atom is -0.381 e. The van der Waals surface area contributed by atoms with Crippen LogP contribution in [0.2, 0.25) is 0 Å². The predicted octanol–water partition coefficient (Wildman–Crippen LogP) is 1.27. The van der Waals surface area contributed by atoms with Gasteiger partial charge in [-0.05, 0) is 19.3 Å². The highest BCUT2D eigenvalue weighted by atomic mass is 16.5. The van der Waals surface area contributed by atoms with Crippen molar-refractivity contribution in [1.29, 1.82) is 0 Å². The van der Waals surface area contributed by atoms with Crippen molar-refractivity contribution >= 4 is 0 Å². The second kappa shape index (κ2) is 6.38. The molecule has 3 N–H and O–H groups in total. The van der Waals surface area contributed by atoms with Gasteiger partial charge in [0.15, 0.2) is 0 Å². The van der Waals surface area contributed by atoms with E-state index in [9.17, 15) is 0 Å². The molecule has 0 saturated heterocycles. The van der Waals surface area contributed by atoms with Crippen molar-refractivity contribution in [2.24, 2.45) is 5.73 Å². The van der Waals surface area contributed by atoms with Gasteiger partial charge >= 0.3 is 0 Å². The van der Waals surface area contributed by atoms with Crippen LogP contribution in [-0.2, 0) is 4.74 Å². The number of rotatable bonds is 7. The zero-order chi connectivity index (χ0) is 10.4. The molecule has 3 heteroatoms. The molecule has 1 atom stereocenters. The van der Waals surface area contributed by atoms with Crippen LogP contribution in [0.25, 0.3) is 0 Å². The van der Waals surface area contributed by atoms with Crippen LogP contribution in [0, 0.1) is 0 Å².